The molecule has 3 amide bonds. The van der Waals surface area contributed by atoms with Crippen LogP contribution in [0.5, 0.6) is 5.75 Å². The number of urea groups is 1. The molecule has 0 fully saturated rings. The monoisotopic (exact) mass is 435 g/mol. The van der Waals surface area contributed by atoms with E-state index in [0.29, 0.717) is 34.4 Å². The number of aryl methyl sites for hydroxylation is 1. The molecule has 0 spiro atoms. The number of ether oxygens (including phenoxy) is 1. The summed E-state index contributed by atoms with van der Waals surface area (Å²) in [6.07, 6.45) is -0.579. The van der Waals surface area contributed by atoms with Gasteiger partial charge in [0, 0.05) is 16.4 Å². The van der Waals surface area contributed by atoms with Crippen LogP contribution in [0.25, 0.3) is 0 Å². The third-order valence-corrected chi connectivity index (χ3v) is 5.24. The minimum absolute atomic E-state index is 0.129. The summed E-state index contributed by atoms with van der Waals surface area (Å²) < 4.78 is 5.77. The number of halogens is 1. The first kappa shape index (κ1) is 20.8. The van der Waals surface area contributed by atoms with Crippen molar-refractivity contribution < 1.29 is 14.3 Å². The molecular weight excluding hydrogens is 414 g/mol. The van der Waals surface area contributed by atoms with Crippen LogP contribution in [0.3, 0.4) is 0 Å². The summed E-state index contributed by atoms with van der Waals surface area (Å²) in [5, 5.41) is 6.14. The summed E-state index contributed by atoms with van der Waals surface area (Å²) in [5.74, 6) is 0.471. The van der Waals surface area contributed by atoms with Crippen molar-refractivity contribution in [2.75, 3.05) is 15.5 Å². The Morgan fingerprint density at radius 1 is 1.00 bits per heavy atom. The van der Waals surface area contributed by atoms with Gasteiger partial charge < -0.3 is 20.3 Å². The maximum atomic E-state index is 12.9. The summed E-state index contributed by atoms with van der Waals surface area (Å²) >= 11 is 5.87. The minimum Gasteiger partial charge on any atom is -0.479 e. The zero-order valence-electron chi connectivity index (χ0n) is 17.2. The number of benzene rings is 3. The third-order valence-electron chi connectivity index (χ3n) is 4.99. The molecule has 0 saturated heterocycles. The number of amides is 3. The van der Waals surface area contributed by atoms with Crippen molar-refractivity contribution in [3.63, 3.8) is 0 Å². The predicted molar refractivity (Wildman–Crippen MR) is 123 cm³/mol. The molecule has 2 N–H and O–H groups in total. The number of hydrogen-bond acceptors (Lipinski definition) is 3. The van der Waals surface area contributed by atoms with E-state index in [-0.39, 0.29) is 5.91 Å². The number of nitrogens with one attached hydrogen (secondary N) is 2. The summed E-state index contributed by atoms with van der Waals surface area (Å²) in [7, 11) is 0. The van der Waals surface area contributed by atoms with E-state index in [9.17, 15) is 9.59 Å². The number of hydrogen-bond donors (Lipinski definition) is 2. The number of nitrogens with zero attached hydrogens (tertiary/aromatic N) is 1. The Bertz CT molecular complexity index is 1110. The van der Waals surface area contributed by atoms with Crippen LogP contribution in [-0.2, 0) is 11.3 Å². The summed E-state index contributed by atoms with van der Waals surface area (Å²) in [6.45, 7) is 4.17. The van der Waals surface area contributed by atoms with Crippen LogP contribution in [0.4, 0.5) is 21.9 Å². The van der Waals surface area contributed by atoms with Crippen LogP contribution in [0, 0.1) is 6.92 Å². The van der Waals surface area contributed by atoms with E-state index in [1.165, 1.54) is 0 Å². The molecular formula is C24H22ClN3O3. The van der Waals surface area contributed by atoms with Gasteiger partial charge in [-0.1, -0.05) is 41.4 Å². The largest absolute Gasteiger partial charge is 0.479 e. The fraction of sp³-hybridized carbons (Fsp3) is 0.167. The van der Waals surface area contributed by atoms with Gasteiger partial charge in [-0.25, -0.2) is 4.79 Å². The van der Waals surface area contributed by atoms with E-state index in [1.54, 1.807) is 54.3 Å². The highest BCUT2D eigenvalue weighted by Gasteiger charge is 2.31. The van der Waals surface area contributed by atoms with E-state index < -0.39 is 12.1 Å². The first-order valence-corrected chi connectivity index (χ1v) is 10.3. The van der Waals surface area contributed by atoms with Gasteiger partial charge in [0.15, 0.2) is 6.10 Å². The standard InChI is InChI=1S/C24H22ClN3O3/c1-15-3-5-17(6-4-15)14-28-21-13-20(11-12-22(21)31-16(2)23(28)29)27-24(30)26-19-9-7-18(25)8-10-19/h3-13,16H,14H2,1-2H3,(H2,26,27,30). The molecule has 0 saturated carbocycles. The lowest BCUT2D eigenvalue weighted by Crippen LogP contribution is -2.44. The van der Waals surface area contributed by atoms with Crippen LogP contribution in [0.15, 0.2) is 66.7 Å². The molecule has 1 atom stereocenters. The van der Waals surface area contributed by atoms with E-state index in [1.807, 2.05) is 31.2 Å². The Labute approximate surface area is 185 Å². The molecule has 1 unspecified atom stereocenters. The Balaban J connectivity index is 1.55. The second kappa shape index (κ2) is 8.70. The minimum atomic E-state index is -0.579. The second-order valence-corrected chi connectivity index (χ2v) is 7.88. The maximum absolute atomic E-state index is 12.9. The van der Waals surface area contributed by atoms with Crippen LogP contribution >= 0.6 is 11.6 Å². The van der Waals surface area contributed by atoms with Gasteiger partial charge >= 0.3 is 6.03 Å². The molecule has 1 aliphatic heterocycles. The van der Waals surface area contributed by atoms with Crippen molar-refractivity contribution in [1.82, 2.24) is 0 Å². The van der Waals surface area contributed by atoms with Crippen molar-refractivity contribution in [1.29, 1.82) is 0 Å². The molecule has 0 radical (unpaired) electrons. The first-order chi connectivity index (χ1) is 14.9. The molecule has 3 aromatic rings. The highest BCUT2D eigenvalue weighted by molar-refractivity contribution is 6.30. The van der Waals surface area contributed by atoms with E-state index in [4.69, 9.17) is 16.3 Å². The predicted octanol–water partition coefficient (Wildman–Crippen LogP) is 5.61. The second-order valence-electron chi connectivity index (χ2n) is 7.44. The summed E-state index contributed by atoms with van der Waals surface area (Å²) in [6, 6.07) is 19.7. The molecule has 158 valence electrons. The van der Waals surface area contributed by atoms with Gasteiger partial charge in [0.2, 0.25) is 0 Å². The lowest BCUT2D eigenvalue weighted by molar-refractivity contribution is -0.125. The summed E-state index contributed by atoms with van der Waals surface area (Å²) in [4.78, 5) is 26.9. The van der Waals surface area contributed by atoms with Crippen LogP contribution in [0.2, 0.25) is 5.02 Å². The lowest BCUT2D eigenvalue weighted by Gasteiger charge is -2.33. The zero-order chi connectivity index (χ0) is 22.0. The fourth-order valence-corrected chi connectivity index (χ4v) is 3.48. The number of carbonyl (C=O) groups excluding carboxylic acids is 2. The fourth-order valence-electron chi connectivity index (χ4n) is 3.35. The third kappa shape index (κ3) is 4.81. The topological polar surface area (TPSA) is 70.7 Å². The molecule has 7 heteroatoms. The van der Waals surface area contributed by atoms with Gasteiger partial charge in [-0.3, -0.25) is 4.79 Å². The number of anilines is 3. The molecule has 3 aromatic carbocycles. The normalized spacial score (nSPS) is 15.1. The Kier molecular flexibility index (Phi) is 5.82. The zero-order valence-corrected chi connectivity index (χ0v) is 17.9. The van der Waals surface area contributed by atoms with Crippen molar-refractivity contribution in [3.05, 3.63) is 82.9 Å². The average Bonchev–Trinajstić information content (AvgIpc) is 2.75. The quantitative estimate of drug-likeness (QED) is 0.559. The molecule has 4 rings (SSSR count). The highest BCUT2D eigenvalue weighted by Crippen LogP contribution is 2.37. The maximum Gasteiger partial charge on any atom is 0.323 e. The van der Waals surface area contributed by atoms with E-state index in [2.05, 4.69) is 10.6 Å². The smallest absolute Gasteiger partial charge is 0.323 e. The Morgan fingerprint density at radius 2 is 1.65 bits per heavy atom. The average molecular weight is 436 g/mol. The van der Waals surface area contributed by atoms with Crippen molar-refractivity contribution in [2.24, 2.45) is 0 Å². The van der Waals surface area contributed by atoms with Crippen LogP contribution in [0.1, 0.15) is 18.1 Å². The molecule has 1 aliphatic rings. The van der Waals surface area contributed by atoms with Crippen molar-refractivity contribution in [2.45, 2.75) is 26.5 Å². The first-order valence-electron chi connectivity index (χ1n) is 9.90. The van der Waals surface area contributed by atoms with Crippen molar-refractivity contribution in [3.8, 4) is 5.75 Å². The van der Waals surface area contributed by atoms with Crippen molar-refractivity contribution >= 4 is 40.6 Å². The molecule has 0 aliphatic carbocycles. The van der Waals surface area contributed by atoms with E-state index in [0.717, 1.165) is 11.1 Å². The number of rotatable bonds is 4. The van der Waals surface area contributed by atoms with Gasteiger partial charge in [-0.2, -0.15) is 0 Å². The Morgan fingerprint density at radius 3 is 2.35 bits per heavy atom. The molecule has 0 bridgehead atoms. The molecule has 1 heterocycles. The van der Waals surface area contributed by atoms with Crippen LogP contribution < -0.4 is 20.3 Å². The number of fused-ring (bicyclic) bond motifs is 1. The SMILES string of the molecule is Cc1ccc(CN2C(=O)C(C)Oc3ccc(NC(=O)Nc4ccc(Cl)cc4)cc32)cc1. The molecule has 0 aromatic heterocycles. The molecule has 31 heavy (non-hydrogen) atoms. The van der Waals surface area contributed by atoms with Gasteiger partial charge in [0.05, 0.1) is 12.2 Å². The van der Waals surface area contributed by atoms with Gasteiger partial charge in [0.25, 0.3) is 5.91 Å². The van der Waals surface area contributed by atoms with Gasteiger partial charge in [-0.05, 0) is 61.9 Å². The van der Waals surface area contributed by atoms with Crippen LogP contribution in [-0.4, -0.2) is 18.0 Å². The lowest BCUT2D eigenvalue weighted by atomic mass is 10.1. The number of carbonyl (C=O) groups is 2. The molecule has 6 nitrogen and oxygen atoms in total. The van der Waals surface area contributed by atoms with E-state index >= 15 is 0 Å². The van der Waals surface area contributed by atoms with Gasteiger partial charge in [-0.15, -0.1) is 0 Å². The van der Waals surface area contributed by atoms with Gasteiger partial charge in [0.1, 0.15) is 5.75 Å². The Hall–Kier alpha value is -3.51. The highest BCUT2D eigenvalue weighted by atomic mass is 35.5. The summed E-state index contributed by atoms with van der Waals surface area (Å²) in [5.41, 5.74) is 3.95.